The average molecular weight is 641 g/mol. The Balaban J connectivity index is 1.49. The molecule has 3 aromatic carbocycles. The molecule has 0 bridgehead atoms. The summed E-state index contributed by atoms with van der Waals surface area (Å²) in [6.07, 6.45) is 1.83. The number of fused-ring (bicyclic) bond motifs is 1. The summed E-state index contributed by atoms with van der Waals surface area (Å²) in [4.78, 5) is 34.6. The number of rotatable bonds is 8. The molecule has 4 aromatic rings. The normalized spacial score (nSPS) is 14.9. The highest BCUT2D eigenvalue weighted by Gasteiger charge is 2.34. The van der Waals surface area contributed by atoms with Crippen LogP contribution in [0.5, 0.6) is 5.75 Å². The van der Waals surface area contributed by atoms with Gasteiger partial charge in [0.05, 0.1) is 31.9 Å². The zero-order valence-corrected chi connectivity index (χ0v) is 26.3. The first-order chi connectivity index (χ1) is 20.2. The summed E-state index contributed by atoms with van der Waals surface area (Å²) in [7, 11) is 0. The standard InChI is InChI=1S/C32H28Cl3N3O3S/c1-4-37(5-2)31(40)28-19(3)36-32-38(29(28)22-9-11-23(33)12-10-22)30(39)27(42-32)17-20-6-13-24(14-7-20)41-18-21-8-15-25(34)26(35)16-21/h6-17,29H,4-5,18H2,1-3H3/b27-17+/t29-/m0/s1. The molecule has 216 valence electrons. The van der Waals surface area contributed by atoms with E-state index in [0.29, 0.717) is 61.1 Å². The summed E-state index contributed by atoms with van der Waals surface area (Å²) in [5, 5.41) is 1.55. The fourth-order valence-corrected chi connectivity index (χ4v) is 6.34. The van der Waals surface area contributed by atoms with E-state index < -0.39 is 6.04 Å². The quantitative estimate of drug-likeness (QED) is 0.217. The number of amides is 1. The van der Waals surface area contributed by atoms with Gasteiger partial charge in [-0.3, -0.25) is 14.2 Å². The molecule has 0 N–H and O–H groups in total. The monoisotopic (exact) mass is 639 g/mol. The number of carbonyl (C=O) groups excluding carboxylic acids is 1. The fraction of sp³-hybridized carbons (Fsp3) is 0.219. The first-order valence-electron chi connectivity index (χ1n) is 13.4. The van der Waals surface area contributed by atoms with Gasteiger partial charge < -0.3 is 9.64 Å². The van der Waals surface area contributed by atoms with E-state index in [4.69, 9.17) is 44.5 Å². The third-order valence-corrected chi connectivity index (χ3v) is 9.03. The van der Waals surface area contributed by atoms with Gasteiger partial charge in [0.15, 0.2) is 4.80 Å². The summed E-state index contributed by atoms with van der Waals surface area (Å²) in [5.74, 6) is 0.546. The van der Waals surface area contributed by atoms with Crippen molar-refractivity contribution in [3.63, 3.8) is 0 Å². The van der Waals surface area contributed by atoms with Gasteiger partial charge in [0, 0.05) is 18.1 Å². The van der Waals surface area contributed by atoms with Crippen molar-refractivity contribution in [3.8, 4) is 5.75 Å². The van der Waals surface area contributed by atoms with E-state index in [1.807, 2.05) is 69.3 Å². The summed E-state index contributed by atoms with van der Waals surface area (Å²) in [6, 6.07) is 19.5. The number of halogens is 3. The lowest BCUT2D eigenvalue weighted by atomic mass is 9.94. The van der Waals surface area contributed by atoms with Gasteiger partial charge in [-0.1, -0.05) is 76.5 Å². The minimum absolute atomic E-state index is 0.132. The molecule has 0 saturated carbocycles. The Morgan fingerprint density at radius 1 is 1.00 bits per heavy atom. The van der Waals surface area contributed by atoms with Crippen LogP contribution >= 0.6 is 46.1 Å². The molecule has 0 fully saturated rings. The molecule has 0 spiro atoms. The van der Waals surface area contributed by atoms with Crippen LogP contribution in [0.2, 0.25) is 15.1 Å². The highest BCUT2D eigenvalue weighted by atomic mass is 35.5. The smallest absolute Gasteiger partial charge is 0.271 e. The lowest BCUT2D eigenvalue weighted by Crippen LogP contribution is -2.43. The van der Waals surface area contributed by atoms with Gasteiger partial charge in [0.25, 0.3) is 11.5 Å². The molecule has 0 unspecified atom stereocenters. The van der Waals surface area contributed by atoms with E-state index in [2.05, 4.69) is 0 Å². The van der Waals surface area contributed by atoms with E-state index in [0.717, 1.165) is 16.7 Å². The molecule has 1 amide bonds. The number of nitrogens with zero attached hydrogens (tertiary/aromatic N) is 3. The van der Waals surface area contributed by atoms with Crippen molar-refractivity contribution in [3.05, 3.63) is 129 Å². The van der Waals surface area contributed by atoms with Crippen molar-refractivity contribution in [1.29, 1.82) is 0 Å². The molecular formula is C32H28Cl3N3O3S. The molecule has 10 heteroatoms. The number of hydrogen-bond donors (Lipinski definition) is 0. The molecule has 6 nitrogen and oxygen atoms in total. The van der Waals surface area contributed by atoms with Crippen LogP contribution in [0.3, 0.4) is 0 Å². The van der Waals surface area contributed by atoms with Crippen LogP contribution in [0.15, 0.2) is 87.8 Å². The molecule has 42 heavy (non-hydrogen) atoms. The predicted molar refractivity (Wildman–Crippen MR) is 170 cm³/mol. The fourth-order valence-electron chi connectivity index (χ4n) is 4.84. The van der Waals surface area contributed by atoms with Crippen LogP contribution in [-0.4, -0.2) is 28.5 Å². The molecule has 1 atom stereocenters. The van der Waals surface area contributed by atoms with Crippen LogP contribution < -0.4 is 19.6 Å². The average Bonchev–Trinajstić information content (AvgIpc) is 3.28. The second kappa shape index (κ2) is 12.9. The Hall–Kier alpha value is -3.36. The highest BCUT2D eigenvalue weighted by molar-refractivity contribution is 7.07. The lowest BCUT2D eigenvalue weighted by molar-refractivity contribution is -0.127. The molecule has 0 aliphatic carbocycles. The van der Waals surface area contributed by atoms with Crippen molar-refractivity contribution >= 4 is 58.1 Å². The number of likely N-dealkylation sites (N-methyl/N-ethyl adjacent to an activating group) is 1. The number of hydrogen-bond acceptors (Lipinski definition) is 5. The van der Waals surface area contributed by atoms with Gasteiger partial charge in [-0.2, -0.15) is 0 Å². The van der Waals surface area contributed by atoms with Crippen molar-refractivity contribution in [2.75, 3.05) is 13.1 Å². The molecular weight excluding hydrogens is 613 g/mol. The molecule has 5 rings (SSSR count). The molecule has 0 saturated heterocycles. The van der Waals surface area contributed by atoms with Crippen molar-refractivity contribution < 1.29 is 9.53 Å². The van der Waals surface area contributed by atoms with Crippen molar-refractivity contribution in [2.24, 2.45) is 4.99 Å². The van der Waals surface area contributed by atoms with Crippen molar-refractivity contribution in [1.82, 2.24) is 9.47 Å². The summed E-state index contributed by atoms with van der Waals surface area (Å²) in [5.41, 5.74) is 3.40. The van der Waals surface area contributed by atoms with Gasteiger partial charge >= 0.3 is 0 Å². The maximum atomic E-state index is 13.9. The Labute approximate surface area is 262 Å². The van der Waals surface area contributed by atoms with E-state index in [-0.39, 0.29) is 11.5 Å². The number of aromatic nitrogens is 1. The van der Waals surface area contributed by atoms with Crippen LogP contribution in [0, 0.1) is 0 Å². The number of ether oxygens (including phenoxy) is 1. The number of benzene rings is 3. The summed E-state index contributed by atoms with van der Waals surface area (Å²) >= 11 is 19.6. The maximum Gasteiger partial charge on any atom is 0.271 e. The zero-order valence-electron chi connectivity index (χ0n) is 23.2. The van der Waals surface area contributed by atoms with E-state index in [9.17, 15) is 9.59 Å². The Morgan fingerprint density at radius 2 is 1.69 bits per heavy atom. The van der Waals surface area contributed by atoms with E-state index in [1.54, 1.807) is 33.7 Å². The van der Waals surface area contributed by atoms with Gasteiger partial charge in [-0.25, -0.2) is 4.99 Å². The number of allylic oxidation sites excluding steroid dienone is 1. The second-order valence-corrected chi connectivity index (χ2v) is 12.0. The SMILES string of the molecule is CCN(CC)C(=O)C1=C(C)N=c2s/c(=C/c3ccc(OCc4ccc(Cl)c(Cl)c4)cc3)c(=O)n2[C@H]1c1ccc(Cl)cc1. The van der Waals surface area contributed by atoms with Crippen LogP contribution in [0.1, 0.15) is 43.5 Å². The van der Waals surface area contributed by atoms with Crippen molar-refractivity contribution in [2.45, 2.75) is 33.4 Å². The minimum atomic E-state index is -0.620. The molecule has 1 aliphatic heterocycles. The Morgan fingerprint density at radius 3 is 2.33 bits per heavy atom. The summed E-state index contributed by atoms with van der Waals surface area (Å²) in [6.45, 7) is 7.15. The van der Waals surface area contributed by atoms with Gasteiger partial charge in [0.2, 0.25) is 0 Å². The molecule has 0 radical (unpaired) electrons. The number of carbonyl (C=O) groups is 1. The molecule has 2 heterocycles. The first kappa shape index (κ1) is 30.1. The number of thiazole rings is 1. The molecule has 1 aliphatic rings. The first-order valence-corrected chi connectivity index (χ1v) is 15.4. The Kier molecular flexibility index (Phi) is 9.23. The van der Waals surface area contributed by atoms with Crippen LogP contribution in [0.25, 0.3) is 6.08 Å². The van der Waals surface area contributed by atoms with Crippen LogP contribution in [0.4, 0.5) is 0 Å². The zero-order chi connectivity index (χ0) is 30.0. The van der Waals surface area contributed by atoms with Gasteiger partial charge in [-0.05, 0) is 79.9 Å². The second-order valence-electron chi connectivity index (χ2n) is 9.72. The van der Waals surface area contributed by atoms with Gasteiger partial charge in [-0.15, -0.1) is 0 Å². The largest absolute Gasteiger partial charge is 0.489 e. The predicted octanol–water partition coefficient (Wildman–Crippen LogP) is 6.64. The third-order valence-electron chi connectivity index (χ3n) is 7.06. The molecule has 1 aromatic heterocycles. The topological polar surface area (TPSA) is 63.9 Å². The van der Waals surface area contributed by atoms with E-state index in [1.165, 1.54) is 11.3 Å². The lowest BCUT2D eigenvalue weighted by Gasteiger charge is -2.29. The summed E-state index contributed by atoms with van der Waals surface area (Å²) < 4.78 is 8.03. The Bertz CT molecular complexity index is 1840. The minimum Gasteiger partial charge on any atom is -0.489 e. The maximum absolute atomic E-state index is 13.9. The third kappa shape index (κ3) is 6.20. The van der Waals surface area contributed by atoms with Gasteiger partial charge in [0.1, 0.15) is 12.4 Å². The highest BCUT2D eigenvalue weighted by Crippen LogP contribution is 2.32. The van der Waals surface area contributed by atoms with E-state index >= 15 is 0 Å². The van der Waals surface area contributed by atoms with Crippen LogP contribution in [-0.2, 0) is 11.4 Å².